The van der Waals surface area contributed by atoms with E-state index in [0.29, 0.717) is 0 Å². The van der Waals surface area contributed by atoms with Crippen LogP contribution in [0.3, 0.4) is 0 Å². The zero-order valence-electron chi connectivity index (χ0n) is 11.5. The maximum atomic E-state index is 12.2. The Hall–Kier alpha value is -1.10. The summed E-state index contributed by atoms with van der Waals surface area (Å²) in [6.45, 7) is 4.27. The molecule has 1 aliphatic rings. The molecule has 1 aromatic carbocycles. The molecular formula is C14H22ClN3O. The van der Waals surface area contributed by atoms with Crippen molar-refractivity contribution >= 4 is 18.3 Å². The number of piperazine rings is 1. The van der Waals surface area contributed by atoms with Crippen molar-refractivity contribution in [2.75, 3.05) is 26.7 Å². The number of hydrogen-bond donors (Lipinski definition) is 1. The molecule has 0 aromatic heterocycles. The Kier molecular flexibility index (Phi) is 5.79. The zero-order chi connectivity index (χ0) is 13.1. The van der Waals surface area contributed by atoms with Crippen molar-refractivity contribution in [2.45, 2.75) is 19.0 Å². The van der Waals surface area contributed by atoms with Crippen LogP contribution in [0.5, 0.6) is 0 Å². The monoisotopic (exact) mass is 283 g/mol. The van der Waals surface area contributed by atoms with Crippen LogP contribution < -0.4 is 5.73 Å². The number of amides is 1. The summed E-state index contributed by atoms with van der Waals surface area (Å²) < 4.78 is 0. The average Bonchev–Trinajstić information content (AvgIpc) is 2.39. The van der Waals surface area contributed by atoms with Gasteiger partial charge in [-0.05, 0) is 19.5 Å². The number of nitrogens with two attached hydrogens (primary N) is 1. The van der Waals surface area contributed by atoms with Crippen molar-refractivity contribution in [1.82, 2.24) is 9.80 Å². The van der Waals surface area contributed by atoms with Crippen LogP contribution in [0.2, 0.25) is 0 Å². The highest BCUT2D eigenvalue weighted by Crippen LogP contribution is 2.25. The Labute approximate surface area is 121 Å². The third kappa shape index (κ3) is 3.69. The smallest absolute Gasteiger partial charge is 0.239 e. The number of halogens is 1. The van der Waals surface area contributed by atoms with E-state index < -0.39 is 6.04 Å². The molecule has 106 valence electrons. The Bertz CT molecular complexity index is 410. The highest BCUT2D eigenvalue weighted by Gasteiger charge is 2.31. The van der Waals surface area contributed by atoms with Crippen LogP contribution in [0, 0.1) is 0 Å². The maximum Gasteiger partial charge on any atom is 0.239 e. The van der Waals surface area contributed by atoms with Gasteiger partial charge in [-0.2, -0.15) is 0 Å². The van der Waals surface area contributed by atoms with Gasteiger partial charge in [0.15, 0.2) is 0 Å². The normalized spacial score (nSPS) is 21.6. The molecule has 0 radical (unpaired) electrons. The number of benzene rings is 1. The van der Waals surface area contributed by atoms with E-state index in [1.807, 2.05) is 23.1 Å². The molecule has 2 atom stereocenters. The fraction of sp³-hybridized carbons (Fsp3) is 0.500. The second-order valence-corrected chi connectivity index (χ2v) is 5.01. The van der Waals surface area contributed by atoms with E-state index >= 15 is 0 Å². The number of hydrogen-bond acceptors (Lipinski definition) is 3. The van der Waals surface area contributed by atoms with Crippen LogP contribution in [0.15, 0.2) is 30.3 Å². The minimum atomic E-state index is -0.431. The summed E-state index contributed by atoms with van der Waals surface area (Å²) >= 11 is 0. The number of carbonyl (C=O) groups excluding carboxylic acids is 1. The van der Waals surface area contributed by atoms with E-state index in [-0.39, 0.29) is 24.4 Å². The van der Waals surface area contributed by atoms with Gasteiger partial charge in [0, 0.05) is 19.6 Å². The van der Waals surface area contributed by atoms with Crippen LogP contribution in [0.4, 0.5) is 0 Å². The second kappa shape index (κ2) is 6.89. The minimum Gasteiger partial charge on any atom is -0.332 e. The van der Waals surface area contributed by atoms with Crippen molar-refractivity contribution in [3.05, 3.63) is 35.9 Å². The van der Waals surface area contributed by atoms with Gasteiger partial charge in [-0.3, -0.25) is 4.79 Å². The Balaban J connectivity index is 0.00000180. The molecule has 5 heteroatoms. The highest BCUT2D eigenvalue weighted by atomic mass is 35.5. The summed E-state index contributed by atoms with van der Waals surface area (Å²) in [6.07, 6.45) is 0. The molecule has 1 fully saturated rings. The first-order valence-corrected chi connectivity index (χ1v) is 6.39. The lowest BCUT2D eigenvalue weighted by atomic mass is 10.0. The van der Waals surface area contributed by atoms with E-state index in [0.717, 1.165) is 19.6 Å². The molecular weight excluding hydrogens is 262 g/mol. The minimum absolute atomic E-state index is 0. The lowest BCUT2D eigenvalue weighted by Crippen LogP contribution is -2.53. The second-order valence-electron chi connectivity index (χ2n) is 5.01. The predicted octanol–water partition coefficient (Wildman–Crippen LogP) is 1.27. The molecule has 1 saturated heterocycles. The van der Waals surface area contributed by atoms with E-state index in [9.17, 15) is 4.79 Å². The first kappa shape index (κ1) is 16.0. The quantitative estimate of drug-likeness (QED) is 0.889. The fourth-order valence-corrected chi connectivity index (χ4v) is 2.41. The van der Waals surface area contributed by atoms with E-state index in [1.54, 1.807) is 6.92 Å². The molecule has 1 heterocycles. The van der Waals surface area contributed by atoms with Crippen molar-refractivity contribution in [3.63, 3.8) is 0 Å². The Morgan fingerprint density at radius 3 is 2.53 bits per heavy atom. The van der Waals surface area contributed by atoms with Crippen molar-refractivity contribution in [2.24, 2.45) is 5.73 Å². The first-order chi connectivity index (χ1) is 8.59. The molecule has 0 aliphatic carbocycles. The van der Waals surface area contributed by atoms with Gasteiger partial charge in [0.05, 0.1) is 12.1 Å². The van der Waals surface area contributed by atoms with Crippen LogP contribution in [0.25, 0.3) is 0 Å². The lowest BCUT2D eigenvalue weighted by Gasteiger charge is -2.41. The Morgan fingerprint density at radius 1 is 1.32 bits per heavy atom. The van der Waals surface area contributed by atoms with Crippen LogP contribution in [-0.2, 0) is 4.79 Å². The summed E-state index contributed by atoms with van der Waals surface area (Å²) in [6, 6.07) is 9.85. The van der Waals surface area contributed by atoms with Crippen molar-refractivity contribution < 1.29 is 4.79 Å². The van der Waals surface area contributed by atoms with Crippen LogP contribution >= 0.6 is 12.4 Å². The third-order valence-electron chi connectivity index (χ3n) is 3.44. The molecule has 0 saturated carbocycles. The van der Waals surface area contributed by atoms with Gasteiger partial charge in [0.1, 0.15) is 0 Å². The SMILES string of the molecule is CC(N)C(=O)N1CCN(C)CC1c1ccccc1.Cl. The number of likely N-dealkylation sites (N-methyl/N-ethyl adjacent to an activating group) is 1. The summed E-state index contributed by atoms with van der Waals surface area (Å²) in [7, 11) is 2.09. The summed E-state index contributed by atoms with van der Waals surface area (Å²) in [4.78, 5) is 16.3. The van der Waals surface area contributed by atoms with Gasteiger partial charge in [-0.1, -0.05) is 30.3 Å². The standard InChI is InChI=1S/C14H21N3O.ClH/c1-11(15)14(18)17-9-8-16(2)10-13(17)12-6-4-3-5-7-12;/h3-7,11,13H,8-10,15H2,1-2H3;1H. The number of rotatable bonds is 2. The Morgan fingerprint density at radius 2 is 1.95 bits per heavy atom. The molecule has 4 nitrogen and oxygen atoms in total. The first-order valence-electron chi connectivity index (χ1n) is 6.39. The van der Waals surface area contributed by atoms with Gasteiger partial charge in [-0.15, -0.1) is 12.4 Å². The molecule has 1 aliphatic heterocycles. The molecule has 1 amide bonds. The lowest BCUT2D eigenvalue weighted by molar-refractivity contribution is -0.137. The van der Waals surface area contributed by atoms with E-state index in [4.69, 9.17) is 5.73 Å². The van der Waals surface area contributed by atoms with Gasteiger partial charge < -0.3 is 15.5 Å². The predicted molar refractivity (Wildman–Crippen MR) is 79.3 cm³/mol. The van der Waals surface area contributed by atoms with Crippen LogP contribution in [0.1, 0.15) is 18.5 Å². The van der Waals surface area contributed by atoms with Gasteiger partial charge in [-0.25, -0.2) is 0 Å². The van der Waals surface area contributed by atoms with E-state index in [2.05, 4.69) is 24.1 Å². The largest absolute Gasteiger partial charge is 0.332 e. The molecule has 2 rings (SSSR count). The van der Waals surface area contributed by atoms with Gasteiger partial charge in [0.2, 0.25) is 5.91 Å². The van der Waals surface area contributed by atoms with Crippen molar-refractivity contribution in [3.8, 4) is 0 Å². The topological polar surface area (TPSA) is 49.6 Å². The van der Waals surface area contributed by atoms with Gasteiger partial charge >= 0.3 is 0 Å². The highest BCUT2D eigenvalue weighted by molar-refractivity contribution is 5.85. The number of carbonyl (C=O) groups is 1. The molecule has 1 aromatic rings. The molecule has 0 bridgehead atoms. The fourth-order valence-electron chi connectivity index (χ4n) is 2.41. The summed E-state index contributed by atoms with van der Waals surface area (Å²) in [5.41, 5.74) is 6.92. The maximum absolute atomic E-state index is 12.2. The third-order valence-corrected chi connectivity index (χ3v) is 3.44. The van der Waals surface area contributed by atoms with Gasteiger partial charge in [0.25, 0.3) is 0 Å². The van der Waals surface area contributed by atoms with Crippen LogP contribution in [-0.4, -0.2) is 48.4 Å². The molecule has 2 N–H and O–H groups in total. The van der Waals surface area contributed by atoms with Crippen molar-refractivity contribution in [1.29, 1.82) is 0 Å². The molecule has 2 unspecified atom stereocenters. The van der Waals surface area contributed by atoms with E-state index in [1.165, 1.54) is 5.56 Å². The summed E-state index contributed by atoms with van der Waals surface area (Å²) in [5, 5.41) is 0. The number of nitrogens with zero attached hydrogens (tertiary/aromatic N) is 2. The summed E-state index contributed by atoms with van der Waals surface area (Å²) in [5.74, 6) is 0.0388. The molecule has 0 spiro atoms. The average molecular weight is 284 g/mol. The molecule has 19 heavy (non-hydrogen) atoms. The zero-order valence-corrected chi connectivity index (χ0v) is 12.3.